The molecule has 4 nitrogen and oxygen atoms in total. The van der Waals surface area contributed by atoms with Gasteiger partial charge in [-0.3, -0.25) is 14.5 Å². The van der Waals surface area contributed by atoms with Crippen LogP contribution in [0.1, 0.15) is 41.3 Å². The molecule has 1 saturated heterocycles. The lowest BCUT2D eigenvalue weighted by molar-refractivity contribution is -0.114. The summed E-state index contributed by atoms with van der Waals surface area (Å²) in [6.45, 7) is 6.02. The summed E-state index contributed by atoms with van der Waals surface area (Å²) >= 11 is 6.02. The molecular formula is C22H25ClN2O2. The highest BCUT2D eigenvalue weighted by Gasteiger charge is 2.27. The number of ketones is 1. The van der Waals surface area contributed by atoms with Gasteiger partial charge in [-0.05, 0) is 67.8 Å². The highest BCUT2D eigenvalue weighted by molar-refractivity contribution is 6.30. The second-order valence-corrected chi connectivity index (χ2v) is 7.71. The summed E-state index contributed by atoms with van der Waals surface area (Å²) in [5.74, 6) is 0.171. The molecule has 2 aromatic rings. The predicted molar refractivity (Wildman–Crippen MR) is 109 cm³/mol. The third kappa shape index (κ3) is 5.18. The van der Waals surface area contributed by atoms with Crippen molar-refractivity contribution < 1.29 is 9.59 Å². The Bertz CT molecular complexity index is 833. The molecule has 0 aromatic heterocycles. The van der Waals surface area contributed by atoms with Crippen LogP contribution < -0.4 is 5.32 Å². The fraction of sp³-hybridized carbons (Fsp3) is 0.364. The van der Waals surface area contributed by atoms with E-state index in [9.17, 15) is 9.59 Å². The van der Waals surface area contributed by atoms with Crippen LogP contribution in [-0.4, -0.2) is 29.7 Å². The van der Waals surface area contributed by atoms with Gasteiger partial charge >= 0.3 is 0 Å². The molecule has 1 heterocycles. The zero-order valence-electron chi connectivity index (χ0n) is 15.8. The Morgan fingerprint density at radius 2 is 1.93 bits per heavy atom. The maximum Gasteiger partial charge on any atom is 0.221 e. The molecule has 5 heteroatoms. The molecule has 1 N–H and O–H groups in total. The maximum atomic E-state index is 13.0. The van der Waals surface area contributed by atoms with Crippen LogP contribution in [0.15, 0.2) is 42.5 Å². The van der Waals surface area contributed by atoms with Crippen molar-refractivity contribution in [3.05, 3.63) is 64.2 Å². The first kappa shape index (κ1) is 19.6. The number of piperidine rings is 1. The third-order valence-electron chi connectivity index (χ3n) is 5.01. The number of halogens is 1. The molecule has 0 saturated carbocycles. The lowest BCUT2D eigenvalue weighted by Gasteiger charge is -2.32. The summed E-state index contributed by atoms with van der Waals surface area (Å²) in [5.41, 5.74) is 3.71. The topological polar surface area (TPSA) is 49.4 Å². The molecule has 1 amide bonds. The Hall–Kier alpha value is -2.17. The minimum atomic E-state index is -0.0716. The number of nitrogens with zero attached hydrogens (tertiary/aromatic N) is 1. The van der Waals surface area contributed by atoms with E-state index >= 15 is 0 Å². The molecule has 0 radical (unpaired) electrons. The number of rotatable bonds is 5. The van der Waals surface area contributed by atoms with Crippen LogP contribution in [0.4, 0.5) is 5.69 Å². The van der Waals surface area contributed by atoms with Crippen molar-refractivity contribution in [2.75, 3.05) is 18.4 Å². The van der Waals surface area contributed by atoms with Crippen molar-refractivity contribution in [3.8, 4) is 0 Å². The van der Waals surface area contributed by atoms with E-state index in [1.54, 1.807) is 6.07 Å². The first-order valence-electron chi connectivity index (χ1n) is 9.31. The number of anilines is 1. The molecule has 2 aromatic carbocycles. The summed E-state index contributed by atoms with van der Waals surface area (Å²) in [4.78, 5) is 26.4. The van der Waals surface area contributed by atoms with E-state index < -0.39 is 0 Å². The molecule has 1 atom stereocenters. The van der Waals surface area contributed by atoms with Gasteiger partial charge in [0.2, 0.25) is 5.91 Å². The maximum absolute atomic E-state index is 13.0. The Morgan fingerprint density at radius 1 is 1.19 bits per heavy atom. The quantitative estimate of drug-likeness (QED) is 0.760. The van der Waals surface area contributed by atoms with Crippen LogP contribution in [0.2, 0.25) is 5.02 Å². The lowest BCUT2D eigenvalue weighted by Crippen LogP contribution is -2.38. The van der Waals surface area contributed by atoms with Gasteiger partial charge in [0, 0.05) is 42.2 Å². The van der Waals surface area contributed by atoms with Gasteiger partial charge in [0.1, 0.15) is 0 Å². The van der Waals surface area contributed by atoms with Crippen LogP contribution in [0, 0.1) is 12.8 Å². The molecule has 1 aliphatic heterocycles. The molecule has 0 unspecified atom stereocenters. The highest BCUT2D eigenvalue weighted by Crippen LogP contribution is 2.25. The second kappa shape index (κ2) is 8.68. The molecule has 1 aliphatic rings. The van der Waals surface area contributed by atoms with Crippen molar-refractivity contribution in [2.24, 2.45) is 5.92 Å². The van der Waals surface area contributed by atoms with Crippen LogP contribution in [-0.2, 0) is 11.3 Å². The summed E-state index contributed by atoms with van der Waals surface area (Å²) in [5, 5.41) is 3.44. The third-order valence-corrected chi connectivity index (χ3v) is 5.25. The van der Waals surface area contributed by atoms with Gasteiger partial charge in [-0.25, -0.2) is 0 Å². The zero-order chi connectivity index (χ0) is 19.4. The fourth-order valence-corrected chi connectivity index (χ4v) is 3.92. The normalized spacial score (nSPS) is 17.5. The van der Waals surface area contributed by atoms with Crippen LogP contribution >= 0.6 is 11.6 Å². The minimum absolute atomic E-state index is 0.0253. The van der Waals surface area contributed by atoms with Gasteiger partial charge in [0.25, 0.3) is 0 Å². The fourth-order valence-electron chi connectivity index (χ4n) is 3.69. The van der Waals surface area contributed by atoms with Gasteiger partial charge in [-0.15, -0.1) is 0 Å². The van der Waals surface area contributed by atoms with E-state index in [0.717, 1.165) is 49.3 Å². The van der Waals surface area contributed by atoms with E-state index in [4.69, 9.17) is 11.6 Å². The van der Waals surface area contributed by atoms with Gasteiger partial charge in [0.05, 0.1) is 0 Å². The van der Waals surface area contributed by atoms with Crippen LogP contribution in [0.5, 0.6) is 0 Å². The lowest BCUT2D eigenvalue weighted by atomic mass is 9.88. The molecule has 142 valence electrons. The number of Topliss-reactive ketones (excluding diaryl/α,β-unsaturated/α-hetero) is 1. The zero-order valence-corrected chi connectivity index (χ0v) is 16.6. The van der Waals surface area contributed by atoms with Gasteiger partial charge in [0.15, 0.2) is 5.78 Å². The van der Waals surface area contributed by atoms with Gasteiger partial charge < -0.3 is 5.32 Å². The molecule has 0 bridgehead atoms. The van der Waals surface area contributed by atoms with Crippen LogP contribution in [0.25, 0.3) is 0 Å². The minimum Gasteiger partial charge on any atom is -0.326 e. The second-order valence-electron chi connectivity index (χ2n) is 7.28. The van der Waals surface area contributed by atoms with E-state index in [-0.39, 0.29) is 17.6 Å². The Balaban J connectivity index is 1.63. The van der Waals surface area contributed by atoms with Gasteiger partial charge in [-0.1, -0.05) is 23.7 Å². The first-order valence-corrected chi connectivity index (χ1v) is 9.69. The highest BCUT2D eigenvalue weighted by atomic mass is 35.5. The standard InChI is InChI=1S/C22H25ClN2O2/c1-15-12-19(23)7-10-21(15)22(27)18-4-3-11-25(14-18)13-17-5-8-20(9-6-17)24-16(2)26/h5-10,12,18H,3-4,11,13-14H2,1-2H3,(H,24,26)/t18-/m0/s1. The number of benzene rings is 2. The Kier molecular flexibility index (Phi) is 6.30. The van der Waals surface area contributed by atoms with E-state index in [1.807, 2.05) is 43.3 Å². The summed E-state index contributed by atoms with van der Waals surface area (Å²) in [7, 11) is 0. The van der Waals surface area contributed by atoms with E-state index in [0.29, 0.717) is 5.02 Å². The van der Waals surface area contributed by atoms with Crippen molar-refractivity contribution in [1.82, 2.24) is 4.90 Å². The first-order chi connectivity index (χ1) is 12.9. The van der Waals surface area contributed by atoms with Crippen molar-refractivity contribution >= 4 is 29.0 Å². The van der Waals surface area contributed by atoms with Crippen molar-refractivity contribution in [2.45, 2.75) is 33.2 Å². The number of aryl methyl sites for hydroxylation is 1. The smallest absolute Gasteiger partial charge is 0.221 e. The van der Waals surface area contributed by atoms with Crippen molar-refractivity contribution in [1.29, 1.82) is 0 Å². The predicted octanol–water partition coefficient (Wildman–Crippen LogP) is 4.70. The number of likely N-dealkylation sites (tertiary alicyclic amines) is 1. The van der Waals surface area contributed by atoms with Gasteiger partial charge in [-0.2, -0.15) is 0 Å². The number of carbonyl (C=O) groups excluding carboxylic acids is 2. The molecule has 0 aliphatic carbocycles. The number of hydrogen-bond donors (Lipinski definition) is 1. The van der Waals surface area contributed by atoms with E-state index in [2.05, 4.69) is 10.2 Å². The molecule has 27 heavy (non-hydrogen) atoms. The Morgan fingerprint density at radius 3 is 2.59 bits per heavy atom. The number of nitrogens with one attached hydrogen (secondary N) is 1. The van der Waals surface area contributed by atoms with Crippen molar-refractivity contribution in [3.63, 3.8) is 0 Å². The van der Waals surface area contributed by atoms with E-state index in [1.165, 1.54) is 12.5 Å². The molecule has 1 fully saturated rings. The average Bonchev–Trinajstić information content (AvgIpc) is 2.63. The molecule has 3 rings (SSSR count). The Labute approximate surface area is 165 Å². The number of carbonyl (C=O) groups is 2. The number of hydrogen-bond acceptors (Lipinski definition) is 3. The largest absolute Gasteiger partial charge is 0.326 e. The average molecular weight is 385 g/mol. The van der Waals surface area contributed by atoms with Crippen LogP contribution in [0.3, 0.4) is 0 Å². The number of amides is 1. The summed E-state index contributed by atoms with van der Waals surface area (Å²) < 4.78 is 0. The molecular weight excluding hydrogens is 360 g/mol. The summed E-state index contributed by atoms with van der Waals surface area (Å²) in [6.07, 6.45) is 1.95. The summed E-state index contributed by atoms with van der Waals surface area (Å²) in [6, 6.07) is 13.4. The monoisotopic (exact) mass is 384 g/mol. The molecule has 0 spiro atoms. The SMILES string of the molecule is CC(=O)Nc1ccc(CN2CCC[C@H](C(=O)c3ccc(Cl)cc3C)C2)cc1.